The van der Waals surface area contributed by atoms with Gasteiger partial charge in [0.2, 0.25) is 0 Å². The second-order valence-corrected chi connectivity index (χ2v) is 5.48. The molecule has 2 unspecified atom stereocenters. The van der Waals surface area contributed by atoms with Crippen LogP contribution < -0.4 is 4.90 Å². The van der Waals surface area contributed by atoms with Crippen LogP contribution in [0.5, 0.6) is 0 Å². The summed E-state index contributed by atoms with van der Waals surface area (Å²) in [4.78, 5) is 18.1. The highest BCUT2D eigenvalue weighted by atomic mass is 32.1. The molecule has 1 aliphatic heterocycles. The highest BCUT2D eigenvalue weighted by Crippen LogP contribution is 2.27. The average molecular weight is 284 g/mol. The van der Waals surface area contributed by atoms with Crippen LogP contribution in [-0.4, -0.2) is 43.4 Å². The Morgan fingerprint density at radius 3 is 3.11 bits per heavy atom. The molecule has 1 fully saturated rings. The van der Waals surface area contributed by atoms with Gasteiger partial charge in [0.25, 0.3) is 0 Å². The number of thiazole rings is 1. The molecule has 0 amide bonds. The molecule has 0 aliphatic carbocycles. The van der Waals surface area contributed by atoms with Gasteiger partial charge < -0.3 is 14.4 Å². The summed E-state index contributed by atoms with van der Waals surface area (Å²) in [6, 6.07) is 0.363. The van der Waals surface area contributed by atoms with Crippen molar-refractivity contribution in [3.63, 3.8) is 0 Å². The van der Waals surface area contributed by atoms with Gasteiger partial charge in [-0.25, -0.2) is 4.98 Å². The van der Waals surface area contributed by atoms with E-state index < -0.39 is 0 Å². The maximum absolute atomic E-state index is 11.4. The van der Waals surface area contributed by atoms with Gasteiger partial charge in [0.15, 0.2) is 5.13 Å². The second kappa shape index (κ2) is 6.34. The Kier molecular flexibility index (Phi) is 4.76. The predicted molar refractivity (Wildman–Crippen MR) is 74.7 cm³/mol. The van der Waals surface area contributed by atoms with Crippen molar-refractivity contribution in [3.8, 4) is 0 Å². The molecule has 0 N–H and O–H groups in total. The maximum atomic E-state index is 11.4. The summed E-state index contributed by atoms with van der Waals surface area (Å²) >= 11 is 1.56. The Morgan fingerprint density at radius 1 is 1.68 bits per heavy atom. The van der Waals surface area contributed by atoms with Crippen LogP contribution in [0.4, 0.5) is 5.13 Å². The van der Waals surface area contributed by atoms with Gasteiger partial charge in [-0.1, -0.05) is 0 Å². The van der Waals surface area contributed by atoms with E-state index in [0.29, 0.717) is 12.6 Å². The summed E-state index contributed by atoms with van der Waals surface area (Å²) in [5.41, 5.74) is 0.775. The lowest BCUT2D eigenvalue weighted by molar-refractivity contribution is -0.142. The predicted octanol–water partition coefficient (Wildman–Crippen LogP) is 1.86. The summed E-state index contributed by atoms with van der Waals surface area (Å²) in [5.74, 6) is -0.223. The molecule has 19 heavy (non-hydrogen) atoms. The zero-order chi connectivity index (χ0) is 13.8. The second-order valence-electron chi connectivity index (χ2n) is 4.65. The summed E-state index contributed by atoms with van der Waals surface area (Å²) in [6.07, 6.45) is 1.49. The molecule has 106 valence electrons. The molecular formula is C13H20N2O3S. The third-order valence-corrected chi connectivity index (χ3v) is 4.29. The van der Waals surface area contributed by atoms with Gasteiger partial charge in [-0.15, -0.1) is 11.3 Å². The van der Waals surface area contributed by atoms with E-state index in [9.17, 15) is 4.79 Å². The highest BCUT2D eigenvalue weighted by molar-refractivity contribution is 7.13. The first kappa shape index (κ1) is 14.3. The number of carbonyl (C=O) groups excluding carboxylic acids is 1. The lowest BCUT2D eigenvalue weighted by Gasteiger charge is -2.26. The molecule has 0 saturated carbocycles. The molecule has 6 heteroatoms. The molecule has 0 spiro atoms. The Balaban J connectivity index is 1.98. The minimum Gasteiger partial charge on any atom is -0.466 e. The zero-order valence-corrected chi connectivity index (χ0v) is 12.4. The number of ether oxygens (including phenoxy) is 2. The standard InChI is InChI=1S/C13H20N2O3S/c1-4-17-12(16)7-10-8-19-13(14-10)15(3)11-5-6-18-9(11)2/h8-9,11H,4-7H2,1-3H3. The molecule has 0 bridgehead atoms. The molecule has 5 nitrogen and oxygen atoms in total. The minimum atomic E-state index is -0.223. The lowest BCUT2D eigenvalue weighted by atomic mass is 10.1. The van der Waals surface area contributed by atoms with Crippen LogP contribution >= 0.6 is 11.3 Å². The van der Waals surface area contributed by atoms with Crippen molar-refractivity contribution in [1.29, 1.82) is 0 Å². The first-order chi connectivity index (χ1) is 9.11. The van der Waals surface area contributed by atoms with Crippen molar-refractivity contribution in [2.45, 2.75) is 38.8 Å². The molecule has 1 aliphatic rings. The van der Waals surface area contributed by atoms with Gasteiger partial charge in [0.05, 0.1) is 30.9 Å². The lowest BCUT2D eigenvalue weighted by Crippen LogP contribution is -2.36. The molecule has 0 radical (unpaired) electrons. The quantitative estimate of drug-likeness (QED) is 0.773. The maximum Gasteiger partial charge on any atom is 0.311 e. The first-order valence-electron chi connectivity index (χ1n) is 6.56. The number of carbonyl (C=O) groups is 1. The molecule has 1 saturated heterocycles. The fourth-order valence-corrected chi connectivity index (χ4v) is 3.12. The molecular weight excluding hydrogens is 264 g/mol. The molecule has 2 heterocycles. The van der Waals surface area contributed by atoms with Crippen LogP contribution in [0.3, 0.4) is 0 Å². The van der Waals surface area contributed by atoms with Gasteiger partial charge in [0, 0.05) is 19.0 Å². The van der Waals surface area contributed by atoms with E-state index in [4.69, 9.17) is 9.47 Å². The monoisotopic (exact) mass is 284 g/mol. The fraction of sp³-hybridized carbons (Fsp3) is 0.692. The Hall–Kier alpha value is -1.14. The molecule has 0 aromatic carbocycles. The number of hydrogen-bond acceptors (Lipinski definition) is 6. The van der Waals surface area contributed by atoms with Crippen molar-refractivity contribution < 1.29 is 14.3 Å². The Bertz CT molecular complexity index is 435. The topological polar surface area (TPSA) is 51.7 Å². The smallest absolute Gasteiger partial charge is 0.311 e. The highest BCUT2D eigenvalue weighted by Gasteiger charge is 2.29. The van der Waals surface area contributed by atoms with E-state index in [1.54, 1.807) is 18.3 Å². The number of esters is 1. The van der Waals surface area contributed by atoms with E-state index in [2.05, 4.69) is 16.8 Å². The number of anilines is 1. The minimum absolute atomic E-state index is 0.223. The van der Waals surface area contributed by atoms with Gasteiger partial charge in [-0.05, 0) is 20.3 Å². The summed E-state index contributed by atoms with van der Waals surface area (Å²) < 4.78 is 10.5. The molecule has 1 aromatic heterocycles. The van der Waals surface area contributed by atoms with E-state index in [0.717, 1.165) is 23.9 Å². The zero-order valence-electron chi connectivity index (χ0n) is 11.6. The normalized spacial score (nSPS) is 22.5. The van der Waals surface area contributed by atoms with E-state index in [1.165, 1.54) is 0 Å². The third kappa shape index (κ3) is 3.45. The van der Waals surface area contributed by atoms with Crippen molar-refractivity contribution in [1.82, 2.24) is 4.98 Å². The molecule has 2 rings (SSSR count). The fourth-order valence-electron chi connectivity index (χ4n) is 2.27. The van der Waals surface area contributed by atoms with Crippen molar-refractivity contribution in [2.75, 3.05) is 25.2 Å². The van der Waals surface area contributed by atoms with Crippen LogP contribution in [0.2, 0.25) is 0 Å². The Labute approximate surface area is 117 Å². The van der Waals surface area contributed by atoms with Crippen LogP contribution in [-0.2, 0) is 20.7 Å². The molecule has 1 aromatic rings. The number of rotatable bonds is 5. The van der Waals surface area contributed by atoms with Gasteiger partial charge in [-0.3, -0.25) is 4.79 Å². The summed E-state index contributed by atoms with van der Waals surface area (Å²) in [7, 11) is 2.03. The van der Waals surface area contributed by atoms with Crippen LogP contribution in [0.15, 0.2) is 5.38 Å². The van der Waals surface area contributed by atoms with Crippen molar-refractivity contribution in [2.24, 2.45) is 0 Å². The van der Waals surface area contributed by atoms with Gasteiger partial charge in [0.1, 0.15) is 0 Å². The van der Waals surface area contributed by atoms with Crippen molar-refractivity contribution >= 4 is 22.4 Å². The van der Waals surface area contributed by atoms with Crippen molar-refractivity contribution in [3.05, 3.63) is 11.1 Å². The van der Waals surface area contributed by atoms with Crippen LogP contribution in [0.25, 0.3) is 0 Å². The average Bonchev–Trinajstić information content (AvgIpc) is 2.98. The van der Waals surface area contributed by atoms with E-state index in [-0.39, 0.29) is 18.5 Å². The first-order valence-corrected chi connectivity index (χ1v) is 7.44. The largest absolute Gasteiger partial charge is 0.466 e. The van der Waals surface area contributed by atoms with Crippen LogP contribution in [0, 0.1) is 0 Å². The molecule has 2 atom stereocenters. The number of hydrogen-bond donors (Lipinski definition) is 0. The Morgan fingerprint density at radius 2 is 2.47 bits per heavy atom. The van der Waals surface area contributed by atoms with Gasteiger partial charge in [-0.2, -0.15) is 0 Å². The summed E-state index contributed by atoms with van der Waals surface area (Å²) in [5, 5.41) is 2.85. The number of likely N-dealkylation sites (N-methyl/N-ethyl adjacent to an activating group) is 1. The summed E-state index contributed by atoms with van der Waals surface area (Å²) in [6.45, 7) is 5.10. The number of aromatic nitrogens is 1. The SMILES string of the molecule is CCOC(=O)Cc1csc(N(C)C2CCOC2C)n1. The van der Waals surface area contributed by atoms with E-state index in [1.807, 2.05) is 12.4 Å². The third-order valence-electron chi connectivity index (χ3n) is 3.31. The number of nitrogens with zero attached hydrogens (tertiary/aromatic N) is 2. The van der Waals surface area contributed by atoms with Gasteiger partial charge >= 0.3 is 5.97 Å². The van der Waals surface area contributed by atoms with Crippen LogP contribution in [0.1, 0.15) is 26.0 Å². The van der Waals surface area contributed by atoms with E-state index >= 15 is 0 Å².